The van der Waals surface area contributed by atoms with Crippen molar-refractivity contribution >= 4 is 5.97 Å². The number of benzene rings is 1. The minimum absolute atomic E-state index is 0.126. The second-order valence-corrected chi connectivity index (χ2v) is 5.17. The molecule has 0 fully saturated rings. The maximum atomic E-state index is 11.2. The van der Waals surface area contributed by atoms with Crippen molar-refractivity contribution in [1.82, 2.24) is 5.32 Å². The van der Waals surface area contributed by atoms with Gasteiger partial charge in [-0.3, -0.25) is 4.79 Å². The van der Waals surface area contributed by atoms with Crippen LogP contribution in [0.25, 0.3) is 0 Å². The molecule has 4 heteroatoms. The quantitative estimate of drug-likeness (QED) is 0.611. The molecule has 110 valence electrons. The monoisotopic (exact) mass is 277 g/mol. The van der Waals surface area contributed by atoms with Crippen LogP contribution in [0.15, 0.2) is 18.2 Å². The normalized spacial score (nSPS) is 16.8. The van der Waals surface area contributed by atoms with E-state index in [0.717, 1.165) is 25.1 Å². The lowest BCUT2D eigenvalue weighted by atomic mass is 10.1. The van der Waals surface area contributed by atoms with Crippen LogP contribution in [-0.2, 0) is 22.4 Å². The molecule has 0 bridgehead atoms. The Hall–Kier alpha value is -1.55. The van der Waals surface area contributed by atoms with Crippen LogP contribution >= 0.6 is 0 Å². The molecule has 1 aromatic carbocycles. The Kier molecular flexibility index (Phi) is 5.41. The van der Waals surface area contributed by atoms with Crippen molar-refractivity contribution < 1.29 is 14.3 Å². The number of carbonyl (C=O) groups is 1. The third-order valence-electron chi connectivity index (χ3n) is 3.67. The summed E-state index contributed by atoms with van der Waals surface area (Å²) in [7, 11) is 1.70. The van der Waals surface area contributed by atoms with Crippen LogP contribution in [-0.4, -0.2) is 32.8 Å². The van der Waals surface area contributed by atoms with Gasteiger partial charge in [0.2, 0.25) is 0 Å². The highest BCUT2D eigenvalue weighted by molar-refractivity contribution is 5.69. The molecular weight excluding hydrogens is 254 g/mol. The van der Waals surface area contributed by atoms with Crippen LogP contribution in [0.1, 0.15) is 24.5 Å². The van der Waals surface area contributed by atoms with Crippen LogP contribution in [0, 0.1) is 5.92 Å². The molecule has 2 rings (SSSR count). The van der Waals surface area contributed by atoms with Gasteiger partial charge in [-0.2, -0.15) is 0 Å². The molecule has 1 aromatic rings. The average Bonchev–Trinajstić information content (AvgIpc) is 2.85. The smallest absolute Gasteiger partial charge is 0.307 e. The van der Waals surface area contributed by atoms with E-state index in [1.807, 2.05) is 13.0 Å². The summed E-state index contributed by atoms with van der Waals surface area (Å²) in [6.07, 6.45) is 2.63. The van der Waals surface area contributed by atoms with Gasteiger partial charge in [0.25, 0.3) is 0 Å². The molecule has 1 aliphatic rings. The second-order valence-electron chi connectivity index (χ2n) is 5.17. The van der Waals surface area contributed by atoms with Gasteiger partial charge in [-0.25, -0.2) is 0 Å². The van der Waals surface area contributed by atoms with Gasteiger partial charge in [-0.05, 0) is 55.5 Å². The summed E-state index contributed by atoms with van der Waals surface area (Å²) in [4.78, 5) is 11.2. The number of fused-ring (bicyclic) bond motifs is 1. The van der Waals surface area contributed by atoms with E-state index in [0.29, 0.717) is 25.5 Å². The number of nitrogens with one attached hydrogen (secondary N) is 1. The van der Waals surface area contributed by atoms with Gasteiger partial charge >= 0.3 is 5.97 Å². The molecule has 4 nitrogen and oxygen atoms in total. The first-order valence-corrected chi connectivity index (χ1v) is 7.25. The fraction of sp³-hybridized carbons (Fsp3) is 0.562. The number of rotatable bonds is 7. The molecule has 1 atom stereocenters. The molecule has 0 saturated carbocycles. The van der Waals surface area contributed by atoms with Gasteiger partial charge in [-0.1, -0.05) is 6.07 Å². The summed E-state index contributed by atoms with van der Waals surface area (Å²) >= 11 is 0. The molecule has 0 spiro atoms. The van der Waals surface area contributed by atoms with E-state index >= 15 is 0 Å². The predicted octanol–water partition coefficient (Wildman–Crippen LogP) is 1.95. The van der Waals surface area contributed by atoms with Gasteiger partial charge in [0.15, 0.2) is 0 Å². The number of carbonyl (C=O) groups excluding carboxylic acids is 1. The van der Waals surface area contributed by atoms with E-state index in [1.165, 1.54) is 11.1 Å². The molecule has 0 aromatic heterocycles. The average molecular weight is 277 g/mol. The standard InChI is InChI=1S/C16H23NO3/c1-3-20-16(18)6-7-17-11-12-8-13-4-5-15(19-2)10-14(13)9-12/h4-5,10,12,17H,3,6-9,11H2,1-2H3. The van der Waals surface area contributed by atoms with Crippen LogP contribution in [0.3, 0.4) is 0 Å². The van der Waals surface area contributed by atoms with Crippen LogP contribution in [0.4, 0.5) is 0 Å². The first-order valence-electron chi connectivity index (χ1n) is 7.25. The van der Waals surface area contributed by atoms with Gasteiger partial charge in [0, 0.05) is 6.54 Å². The highest BCUT2D eigenvalue weighted by Gasteiger charge is 2.21. The zero-order valence-electron chi connectivity index (χ0n) is 12.3. The SMILES string of the molecule is CCOC(=O)CCNCC1Cc2ccc(OC)cc2C1. The molecular formula is C16H23NO3. The lowest BCUT2D eigenvalue weighted by Gasteiger charge is -2.10. The lowest BCUT2D eigenvalue weighted by Crippen LogP contribution is -2.26. The number of ether oxygens (including phenoxy) is 2. The summed E-state index contributed by atoms with van der Waals surface area (Å²) in [5.74, 6) is 1.42. The Labute approximate surface area is 120 Å². The van der Waals surface area contributed by atoms with Gasteiger partial charge in [0.1, 0.15) is 5.75 Å². The molecule has 0 aliphatic heterocycles. The summed E-state index contributed by atoms with van der Waals surface area (Å²) in [5.41, 5.74) is 2.81. The Bertz CT molecular complexity index is 459. The van der Waals surface area contributed by atoms with Gasteiger partial charge in [-0.15, -0.1) is 0 Å². The van der Waals surface area contributed by atoms with Crippen molar-refractivity contribution in [3.8, 4) is 5.75 Å². The highest BCUT2D eigenvalue weighted by atomic mass is 16.5. The number of hydrogen-bond donors (Lipinski definition) is 1. The molecule has 1 unspecified atom stereocenters. The Morgan fingerprint density at radius 2 is 2.15 bits per heavy atom. The van der Waals surface area contributed by atoms with Crippen molar-refractivity contribution in [2.75, 3.05) is 26.8 Å². The van der Waals surface area contributed by atoms with E-state index < -0.39 is 0 Å². The first kappa shape index (κ1) is 14.9. The second kappa shape index (κ2) is 7.29. The molecule has 1 N–H and O–H groups in total. The summed E-state index contributed by atoms with van der Waals surface area (Å²) in [5, 5.41) is 3.35. The lowest BCUT2D eigenvalue weighted by molar-refractivity contribution is -0.142. The van der Waals surface area contributed by atoms with Crippen LogP contribution in [0.5, 0.6) is 5.75 Å². The van der Waals surface area contributed by atoms with Crippen molar-refractivity contribution in [3.05, 3.63) is 29.3 Å². The van der Waals surface area contributed by atoms with E-state index in [9.17, 15) is 4.79 Å². The topological polar surface area (TPSA) is 47.6 Å². The zero-order chi connectivity index (χ0) is 14.4. The van der Waals surface area contributed by atoms with Crippen molar-refractivity contribution in [2.24, 2.45) is 5.92 Å². The number of esters is 1. The molecule has 0 radical (unpaired) electrons. The minimum Gasteiger partial charge on any atom is -0.497 e. The van der Waals surface area contributed by atoms with Gasteiger partial charge in [0.05, 0.1) is 20.1 Å². The zero-order valence-corrected chi connectivity index (χ0v) is 12.3. The Morgan fingerprint density at radius 3 is 2.90 bits per heavy atom. The van der Waals surface area contributed by atoms with Crippen molar-refractivity contribution in [1.29, 1.82) is 0 Å². The fourth-order valence-electron chi connectivity index (χ4n) is 2.69. The van der Waals surface area contributed by atoms with Crippen LogP contribution < -0.4 is 10.1 Å². The summed E-state index contributed by atoms with van der Waals surface area (Å²) < 4.78 is 10.2. The minimum atomic E-state index is -0.126. The third kappa shape index (κ3) is 3.97. The number of hydrogen-bond acceptors (Lipinski definition) is 4. The van der Waals surface area contributed by atoms with E-state index in [4.69, 9.17) is 9.47 Å². The predicted molar refractivity (Wildman–Crippen MR) is 78.0 cm³/mol. The van der Waals surface area contributed by atoms with E-state index in [2.05, 4.69) is 17.4 Å². The Balaban J connectivity index is 1.71. The maximum Gasteiger partial charge on any atom is 0.307 e. The molecule has 0 amide bonds. The molecule has 20 heavy (non-hydrogen) atoms. The van der Waals surface area contributed by atoms with Crippen LogP contribution in [0.2, 0.25) is 0 Å². The highest BCUT2D eigenvalue weighted by Crippen LogP contribution is 2.29. The first-order chi connectivity index (χ1) is 9.72. The van der Waals surface area contributed by atoms with Crippen molar-refractivity contribution in [2.45, 2.75) is 26.2 Å². The van der Waals surface area contributed by atoms with E-state index in [1.54, 1.807) is 7.11 Å². The Morgan fingerprint density at radius 1 is 1.35 bits per heavy atom. The summed E-state index contributed by atoms with van der Waals surface area (Å²) in [6, 6.07) is 6.32. The maximum absolute atomic E-state index is 11.2. The largest absolute Gasteiger partial charge is 0.497 e. The van der Waals surface area contributed by atoms with E-state index in [-0.39, 0.29) is 5.97 Å². The van der Waals surface area contributed by atoms with Gasteiger partial charge < -0.3 is 14.8 Å². The van der Waals surface area contributed by atoms with Crippen molar-refractivity contribution in [3.63, 3.8) is 0 Å². The molecule has 0 heterocycles. The molecule has 1 aliphatic carbocycles. The summed E-state index contributed by atoms with van der Waals surface area (Å²) in [6.45, 7) is 3.92. The molecule has 0 saturated heterocycles. The number of methoxy groups -OCH3 is 1. The fourth-order valence-corrected chi connectivity index (χ4v) is 2.69. The third-order valence-corrected chi connectivity index (χ3v) is 3.67.